The topological polar surface area (TPSA) is 47.3 Å². The van der Waals surface area contributed by atoms with Crippen LogP contribution in [0, 0.1) is 11.7 Å². The molecule has 0 unspecified atom stereocenters. The second-order valence-corrected chi connectivity index (χ2v) is 4.57. The summed E-state index contributed by atoms with van der Waals surface area (Å²) in [6.07, 6.45) is -0.165. The Morgan fingerprint density at radius 3 is 3.06 bits per heavy atom. The molecule has 1 aliphatic heterocycles. The molecule has 17 heavy (non-hydrogen) atoms. The molecule has 1 aromatic rings. The van der Waals surface area contributed by atoms with E-state index in [1.165, 1.54) is 6.07 Å². The first-order valence-corrected chi connectivity index (χ1v) is 6.07. The Hall–Kier alpha value is -0.680. The van der Waals surface area contributed by atoms with E-state index in [0.29, 0.717) is 13.2 Å². The summed E-state index contributed by atoms with van der Waals surface area (Å²) < 4.78 is 19.2. The van der Waals surface area contributed by atoms with Gasteiger partial charge in [-0.05, 0) is 24.2 Å². The van der Waals surface area contributed by atoms with Gasteiger partial charge >= 0.3 is 0 Å². The maximum absolute atomic E-state index is 13.4. The molecule has 1 heterocycles. The van der Waals surface area contributed by atoms with Crippen LogP contribution in [0.15, 0.2) is 18.2 Å². The van der Waals surface area contributed by atoms with E-state index >= 15 is 0 Å². The van der Waals surface area contributed by atoms with Gasteiger partial charge in [-0.2, -0.15) is 0 Å². The molecule has 0 saturated carbocycles. The van der Waals surface area contributed by atoms with Gasteiger partial charge in [-0.25, -0.2) is 4.39 Å². The molecule has 0 spiro atoms. The van der Waals surface area contributed by atoms with Crippen LogP contribution in [0.5, 0.6) is 0 Å². The van der Waals surface area contributed by atoms with Crippen molar-refractivity contribution in [2.45, 2.75) is 6.10 Å². The molecule has 2 atom stereocenters. The van der Waals surface area contributed by atoms with E-state index in [1.807, 2.05) is 0 Å². The van der Waals surface area contributed by atoms with E-state index in [1.54, 1.807) is 12.1 Å². The molecule has 94 valence electrons. The van der Waals surface area contributed by atoms with Gasteiger partial charge < -0.3 is 15.8 Å². The van der Waals surface area contributed by atoms with Gasteiger partial charge in [0.1, 0.15) is 5.82 Å². The Balaban J connectivity index is 2.25. The molecule has 2 rings (SSSR count). The van der Waals surface area contributed by atoms with Crippen molar-refractivity contribution in [3.8, 4) is 0 Å². The molecule has 0 radical (unpaired) electrons. The number of benzene rings is 1. The van der Waals surface area contributed by atoms with Crippen molar-refractivity contribution >= 4 is 11.6 Å². The van der Waals surface area contributed by atoms with Crippen LogP contribution in [0.3, 0.4) is 0 Å². The second-order valence-electron chi connectivity index (χ2n) is 4.16. The van der Waals surface area contributed by atoms with Crippen molar-refractivity contribution in [3.05, 3.63) is 34.6 Å². The number of rotatable bonds is 2. The van der Waals surface area contributed by atoms with E-state index in [4.69, 9.17) is 22.1 Å². The summed E-state index contributed by atoms with van der Waals surface area (Å²) in [5, 5.41) is 3.38. The zero-order valence-electron chi connectivity index (χ0n) is 9.46. The van der Waals surface area contributed by atoms with Crippen LogP contribution in [-0.4, -0.2) is 26.2 Å². The molecular weight excluding hydrogens is 243 g/mol. The first-order valence-electron chi connectivity index (χ1n) is 5.69. The summed E-state index contributed by atoms with van der Waals surface area (Å²) in [4.78, 5) is 0. The fourth-order valence-electron chi connectivity index (χ4n) is 2.05. The minimum Gasteiger partial charge on any atom is -0.372 e. The van der Waals surface area contributed by atoms with Crippen LogP contribution < -0.4 is 11.1 Å². The number of halogens is 2. The number of hydrogen-bond donors (Lipinski definition) is 2. The summed E-state index contributed by atoms with van der Waals surface area (Å²) >= 11 is 5.67. The van der Waals surface area contributed by atoms with E-state index in [9.17, 15) is 4.39 Å². The van der Waals surface area contributed by atoms with Crippen LogP contribution in [0.2, 0.25) is 5.02 Å². The lowest BCUT2D eigenvalue weighted by Gasteiger charge is -2.23. The number of nitrogens with one attached hydrogen (secondary N) is 1. The average Bonchev–Trinajstić information content (AvgIpc) is 2.57. The Kier molecular flexibility index (Phi) is 4.34. The van der Waals surface area contributed by atoms with Crippen molar-refractivity contribution in [1.82, 2.24) is 5.32 Å². The van der Waals surface area contributed by atoms with Gasteiger partial charge in [-0.1, -0.05) is 17.7 Å². The van der Waals surface area contributed by atoms with Crippen LogP contribution >= 0.6 is 11.6 Å². The van der Waals surface area contributed by atoms with E-state index in [-0.39, 0.29) is 17.0 Å². The molecule has 3 N–H and O–H groups in total. The van der Waals surface area contributed by atoms with Gasteiger partial charge in [0.25, 0.3) is 0 Å². The molecule has 5 heteroatoms. The first-order chi connectivity index (χ1) is 8.22. The maximum atomic E-state index is 13.4. The van der Waals surface area contributed by atoms with Crippen molar-refractivity contribution in [2.24, 2.45) is 11.7 Å². The zero-order chi connectivity index (χ0) is 12.3. The molecule has 0 bridgehead atoms. The lowest BCUT2D eigenvalue weighted by Crippen LogP contribution is -2.30. The lowest BCUT2D eigenvalue weighted by molar-refractivity contribution is 0.0330. The third kappa shape index (κ3) is 2.96. The summed E-state index contributed by atoms with van der Waals surface area (Å²) in [5.74, 6) is -0.265. The molecule has 1 aromatic carbocycles. The normalized spacial score (nSPS) is 25.6. The summed E-state index contributed by atoms with van der Waals surface area (Å²) in [6.45, 7) is 2.68. The monoisotopic (exact) mass is 258 g/mol. The molecule has 1 aliphatic rings. The number of hydrogen-bond acceptors (Lipinski definition) is 3. The highest BCUT2D eigenvalue weighted by atomic mass is 35.5. The van der Waals surface area contributed by atoms with Crippen LogP contribution in [-0.2, 0) is 4.74 Å². The Labute approximate surface area is 105 Å². The van der Waals surface area contributed by atoms with Gasteiger partial charge in [-0.3, -0.25) is 0 Å². The Morgan fingerprint density at radius 2 is 2.35 bits per heavy atom. The van der Waals surface area contributed by atoms with Crippen LogP contribution in [0.25, 0.3) is 0 Å². The minimum atomic E-state index is -0.416. The molecule has 1 fully saturated rings. The minimum absolute atomic E-state index is 0.129. The summed E-state index contributed by atoms with van der Waals surface area (Å²) in [7, 11) is 0. The van der Waals surface area contributed by atoms with Gasteiger partial charge in [0.15, 0.2) is 0 Å². The lowest BCUT2D eigenvalue weighted by atomic mass is 9.95. The highest BCUT2D eigenvalue weighted by Crippen LogP contribution is 2.29. The van der Waals surface area contributed by atoms with E-state index in [2.05, 4.69) is 5.32 Å². The van der Waals surface area contributed by atoms with Gasteiger partial charge in [0, 0.05) is 19.0 Å². The van der Waals surface area contributed by atoms with Crippen molar-refractivity contribution < 1.29 is 9.13 Å². The molecule has 0 aliphatic carbocycles. The Bertz CT molecular complexity index is 389. The van der Waals surface area contributed by atoms with Crippen molar-refractivity contribution in [2.75, 3.05) is 26.2 Å². The van der Waals surface area contributed by atoms with E-state index < -0.39 is 5.82 Å². The van der Waals surface area contributed by atoms with Gasteiger partial charge in [-0.15, -0.1) is 0 Å². The number of ether oxygens (including phenoxy) is 1. The molecule has 0 aromatic heterocycles. The molecule has 0 amide bonds. The Morgan fingerprint density at radius 1 is 1.53 bits per heavy atom. The summed E-state index contributed by atoms with van der Waals surface area (Å²) in [6, 6.07) is 4.78. The number of nitrogens with two attached hydrogens (primary N) is 1. The maximum Gasteiger partial charge on any atom is 0.142 e. The standard InChI is InChI=1S/C12H16ClFN2O/c13-10-2-1-8(5-11(10)14)12-9(6-15)7-16-3-4-17-12/h1-2,5,9,12,16H,3-4,6-7,15H2/t9-,12-/m0/s1. The fraction of sp³-hybridized carbons (Fsp3) is 0.500. The van der Waals surface area contributed by atoms with Crippen LogP contribution in [0.1, 0.15) is 11.7 Å². The first kappa shape index (κ1) is 12.8. The predicted octanol–water partition coefficient (Wildman–Crippen LogP) is 1.71. The third-order valence-corrected chi connectivity index (χ3v) is 3.29. The largest absolute Gasteiger partial charge is 0.372 e. The fourth-order valence-corrected chi connectivity index (χ4v) is 2.17. The molecule has 3 nitrogen and oxygen atoms in total. The predicted molar refractivity (Wildman–Crippen MR) is 65.5 cm³/mol. The second kappa shape index (κ2) is 5.78. The smallest absolute Gasteiger partial charge is 0.142 e. The molecular formula is C12H16ClFN2O. The SMILES string of the molecule is NC[C@H]1CNCCO[C@H]1c1ccc(Cl)c(F)c1. The van der Waals surface area contributed by atoms with E-state index in [0.717, 1.165) is 18.7 Å². The van der Waals surface area contributed by atoms with Crippen LogP contribution in [0.4, 0.5) is 4.39 Å². The van der Waals surface area contributed by atoms with Gasteiger partial charge in [0.05, 0.1) is 17.7 Å². The highest BCUT2D eigenvalue weighted by molar-refractivity contribution is 6.30. The zero-order valence-corrected chi connectivity index (χ0v) is 10.2. The van der Waals surface area contributed by atoms with Crippen molar-refractivity contribution in [1.29, 1.82) is 0 Å². The molecule has 1 saturated heterocycles. The van der Waals surface area contributed by atoms with Gasteiger partial charge in [0.2, 0.25) is 0 Å². The highest BCUT2D eigenvalue weighted by Gasteiger charge is 2.25. The third-order valence-electron chi connectivity index (χ3n) is 2.99. The quantitative estimate of drug-likeness (QED) is 0.849. The summed E-state index contributed by atoms with van der Waals surface area (Å²) in [5.41, 5.74) is 6.53. The van der Waals surface area contributed by atoms with Crippen molar-refractivity contribution in [3.63, 3.8) is 0 Å². The average molecular weight is 259 g/mol.